The molecule has 4 atom stereocenters. The molecule has 236 valence electrons. The fourth-order valence-electron chi connectivity index (χ4n) is 4.42. The average Bonchev–Trinajstić information content (AvgIpc) is 3.43. The van der Waals surface area contributed by atoms with E-state index in [0.717, 1.165) is 49.3 Å². The molecule has 0 spiro atoms. The topological polar surface area (TPSA) is 138 Å². The van der Waals surface area contributed by atoms with E-state index in [1.165, 1.54) is 11.8 Å². The predicted octanol–water partition coefficient (Wildman–Crippen LogP) is 5.17. The molecule has 2 heterocycles. The zero-order chi connectivity index (χ0) is 30.6. The van der Waals surface area contributed by atoms with Gasteiger partial charge in [-0.1, -0.05) is 66.7 Å². The molecule has 1 aliphatic rings. The first-order valence-corrected chi connectivity index (χ1v) is 17.4. The van der Waals surface area contributed by atoms with Crippen LogP contribution in [0.1, 0.15) is 86.3 Å². The van der Waals surface area contributed by atoms with Gasteiger partial charge in [0.1, 0.15) is 17.7 Å². The Kier molecular flexibility index (Phi) is 15.3. The third-order valence-corrected chi connectivity index (χ3v) is 10.8. The maximum absolute atomic E-state index is 14.7. The molecule has 1 aliphatic heterocycles. The second kappa shape index (κ2) is 17.6. The number of halogens is 1. The molecule has 0 aliphatic carbocycles. The van der Waals surface area contributed by atoms with Crippen LogP contribution in [-0.2, 0) is 23.4 Å². The molecule has 1 fully saturated rings. The zero-order valence-electron chi connectivity index (χ0n) is 25.3. The molecule has 41 heavy (non-hydrogen) atoms. The maximum Gasteiger partial charge on any atom is 0.351 e. The first-order chi connectivity index (χ1) is 19.5. The first-order valence-electron chi connectivity index (χ1n) is 14.8. The third kappa shape index (κ3) is 10.6. The number of carbonyl (C=O) groups excluding carboxylic acids is 1. The number of hydrogen-bond acceptors (Lipinski definition) is 9. The summed E-state index contributed by atoms with van der Waals surface area (Å²) in [4.78, 5) is 28.5. The summed E-state index contributed by atoms with van der Waals surface area (Å²) in [6.07, 6.45) is 5.47. The lowest BCUT2D eigenvalue weighted by Crippen LogP contribution is -2.42. The number of thioether (sulfide) groups is 1. The van der Waals surface area contributed by atoms with Crippen LogP contribution in [0.4, 0.5) is 10.2 Å². The van der Waals surface area contributed by atoms with Gasteiger partial charge in [-0.15, -0.1) is 11.8 Å². The second-order valence-electron chi connectivity index (χ2n) is 10.4. The number of aromatic nitrogens is 2. The summed E-state index contributed by atoms with van der Waals surface area (Å²) < 4.78 is 49.2. The van der Waals surface area contributed by atoms with Gasteiger partial charge in [0.05, 0.1) is 19.4 Å². The molecular weight excluding hydrogens is 572 g/mol. The van der Waals surface area contributed by atoms with Gasteiger partial charge in [-0.05, 0) is 25.2 Å². The van der Waals surface area contributed by atoms with Gasteiger partial charge in [-0.25, -0.2) is 18.9 Å². The number of esters is 1. The van der Waals surface area contributed by atoms with Crippen molar-refractivity contribution in [2.24, 2.45) is 11.8 Å². The molecule has 0 radical (unpaired) electrons. The van der Waals surface area contributed by atoms with Crippen LogP contribution in [0.5, 0.6) is 0 Å². The zero-order valence-corrected chi connectivity index (χ0v) is 27.1. The Morgan fingerprint density at radius 1 is 1.24 bits per heavy atom. The molecule has 1 aromatic heterocycles. The number of nitrogens with zero attached hydrogens (tertiary/aromatic N) is 3. The first kappa shape index (κ1) is 35.7. The number of rotatable bonds is 19. The minimum Gasteiger partial charge on any atom is -0.465 e. The lowest BCUT2D eigenvalue weighted by atomic mass is 10.0. The SMILES string of the molecule is CCCCOC(=O)[C@H](C)NP(=O)(OC[C@@H]1O[C@H](n2cc(F)c(N)nc2=O)CS1)N(CC(CC)CC)CC(CC)CC. The highest BCUT2D eigenvalue weighted by Gasteiger charge is 2.39. The van der Waals surface area contributed by atoms with Crippen molar-refractivity contribution >= 4 is 31.2 Å². The fourth-order valence-corrected chi connectivity index (χ4v) is 7.74. The van der Waals surface area contributed by atoms with Crippen molar-refractivity contribution in [3.05, 3.63) is 22.5 Å². The second-order valence-corrected chi connectivity index (χ2v) is 13.8. The lowest BCUT2D eigenvalue weighted by molar-refractivity contribution is -0.145. The summed E-state index contributed by atoms with van der Waals surface area (Å²) in [5, 5.41) is 3.01. The number of unbranched alkanes of at least 4 members (excludes halogenated alkanes) is 1. The molecule has 0 aromatic carbocycles. The minimum atomic E-state index is -3.78. The lowest BCUT2D eigenvalue weighted by Gasteiger charge is -2.37. The fraction of sp³-hybridized carbons (Fsp3) is 0.815. The van der Waals surface area contributed by atoms with Crippen molar-refractivity contribution < 1.29 is 27.7 Å². The number of ether oxygens (including phenoxy) is 2. The number of nitrogen functional groups attached to an aromatic ring is 1. The maximum atomic E-state index is 14.7. The molecule has 3 N–H and O–H groups in total. The van der Waals surface area contributed by atoms with Crippen LogP contribution in [0.3, 0.4) is 0 Å². The highest BCUT2D eigenvalue weighted by Crippen LogP contribution is 2.50. The standard InChI is InChI=1S/C27H49FN5O6PS/c1-7-12-13-37-26(34)19(6)31-40(36,32(14-20(8-2)9-3)15-21(10-4)11-5)38-17-24-39-23(18-41-24)33-16-22(28)25(29)30-27(33)35/h16,19-21,23-24H,7-15,17-18H2,1-6H3,(H,31,36)(H2,29,30,35)/t19-,23-,24+,40?/m0/s1. The van der Waals surface area contributed by atoms with Crippen molar-refractivity contribution in [3.63, 3.8) is 0 Å². The summed E-state index contributed by atoms with van der Waals surface area (Å²) >= 11 is 1.35. The number of anilines is 1. The van der Waals surface area contributed by atoms with Crippen molar-refractivity contribution in [3.8, 4) is 0 Å². The van der Waals surface area contributed by atoms with Crippen LogP contribution in [-0.4, -0.2) is 63.7 Å². The Labute approximate surface area is 248 Å². The normalized spacial score (nSPS) is 19.7. The summed E-state index contributed by atoms with van der Waals surface area (Å²) in [5.74, 6) is -0.864. The van der Waals surface area contributed by atoms with E-state index in [9.17, 15) is 18.5 Å². The van der Waals surface area contributed by atoms with Crippen LogP contribution in [0.25, 0.3) is 0 Å². The van der Waals surface area contributed by atoms with Crippen molar-refractivity contribution in [2.45, 2.75) is 97.8 Å². The van der Waals surface area contributed by atoms with E-state index in [-0.39, 0.29) is 18.4 Å². The molecule has 0 amide bonds. The van der Waals surface area contributed by atoms with Gasteiger partial charge in [-0.3, -0.25) is 13.9 Å². The van der Waals surface area contributed by atoms with E-state index in [2.05, 4.69) is 37.8 Å². The molecule has 2 rings (SSSR count). The monoisotopic (exact) mass is 621 g/mol. The van der Waals surface area contributed by atoms with Gasteiger partial charge in [0.25, 0.3) is 0 Å². The molecule has 0 saturated carbocycles. The van der Waals surface area contributed by atoms with E-state index in [0.29, 0.717) is 25.4 Å². The van der Waals surface area contributed by atoms with Gasteiger partial charge >= 0.3 is 19.3 Å². The van der Waals surface area contributed by atoms with Gasteiger partial charge in [-0.2, -0.15) is 4.98 Å². The van der Waals surface area contributed by atoms with Gasteiger partial charge in [0, 0.05) is 18.8 Å². The van der Waals surface area contributed by atoms with Crippen molar-refractivity contribution in [1.29, 1.82) is 0 Å². The smallest absolute Gasteiger partial charge is 0.351 e. The number of nitrogens with one attached hydrogen (secondary N) is 1. The van der Waals surface area contributed by atoms with Crippen LogP contribution in [0, 0.1) is 17.7 Å². The molecule has 0 bridgehead atoms. The highest BCUT2D eigenvalue weighted by molar-refractivity contribution is 8.00. The van der Waals surface area contributed by atoms with E-state index in [1.807, 2.05) is 11.6 Å². The molecule has 11 nitrogen and oxygen atoms in total. The Hall–Kier alpha value is -1.50. The van der Waals surface area contributed by atoms with Crippen LogP contribution in [0.2, 0.25) is 0 Å². The Balaban J connectivity index is 2.28. The molecule has 1 saturated heterocycles. The summed E-state index contributed by atoms with van der Waals surface area (Å²) in [7, 11) is -3.78. The van der Waals surface area contributed by atoms with Crippen molar-refractivity contribution in [1.82, 2.24) is 19.3 Å². The van der Waals surface area contributed by atoms with E-state index in [4.69, 9.17) is 19.7 Å². The van der Waals surface area contributed by atoms with Gasteiger partial charge in [0.15, 0.2) is 11.6 Å². The summed E-state index contributed by atoms with van der Waals surface area (Å²) in [6, 6.07) is -0.865. The number of hydrogen-bond donors (Lipinski definition) is 2. The molecule has 1 aromatic rings. The van der Waals surface area contributed by atoms with Gasteiger partial charge < -0.3 is 19.7 Å². The van der Waals surface area contributed by atoms with Crippen LogP contribution < -0.4 is 16.5 Å². The molecular formula is C27H49FN5O6PS. The largest absolute Gasteiger partial charge is 0.465 e. The third-order valence-electron chi connectivity index (χ3n) is 7.44. The minimum absolute atomic E-state index is 0.0784. The average molecular weight is 622 g/mol. The quantitative estimate of drug-likeness (QED) is 0.120. The summed E-state index contributed by atoms with van der Waals surface area (Å²) in [5.41, 5.74) is 4.09. The number of nitrogens with two attached hydrogens (primary N) is 1. The van der Waals surface area contributed by atoms with E-state index < -0.39 is 48.7 Å². The predicted molar refractivity (Wildman–Crippen MR) is 161 cm³/mol. The van der Waals surface area contributed by atoms with Crippen LogP contribution in [0.15, 0.2) is 11.0 Å². The molecule has 1 unspecified atom stereocenters. The highest BCUT2D eigenvalue weighted by atomic mass is 32.2. The Morgan fingerprint density at radius 2 is 1.85 bits per heavy atom. The number of carbonyl (C=O) groups is 1. The van der Waals surface area contributed by atoms with E-state index >= 15 is 0 Å². The Morgan fingerprint density at radius 3 is 2.41 bits per heavy atom. The van der Waals surface area contributed by atoms with Crippen LogP contribution >= 0.6 is 19.4 Å². The van der Waals surface area contributed by atoms with Crippen molar-refractivity contribution in [2.75, 3.05) is 37.8 Å². The Bertz CT molecular complexity index is 1040. The summed E-state index contributed by atoms with van der Waals surface area (Å²) in [6.45, 7) is 13.4. The van der Waals surface area contributed by atoms with Gasteiger partial charge in [0.2, 0.25) is 0 Å². The molecule has 14 heteroatoms. The van der Waals surface area contributed by atoms with E-state index in [1.54, 1.807) is 6.92 Å².